The summed E-state index contributed by atoms with van der Waals surface area (Å²) in [6.45, 7) is 1.33. The fourth-order valence-corrected chi connectivity index (χ4v) is 1.37. The van der Waals surface area contributed by atoms with Gasteiger partial charge in [-0.3, -0.25) is 4.79 Å². The van der Waals surface area contributed by atoms with Crippen molar-refractivity contribution in [3.05, 3.63) is 36.7 Å². The van der Waals surface area contributed by atoms with E-state index < -0.39 is 0 Å². The SMILES string of the molecule is CC(=O)Oc1cccc(-c2nccn2O)c1. The minimum atomic E-state index is -0.385. The number of ether oxygens (including phenoxy) is 1. The first-order valence-electron chi connectivity index (χ1n) is 4.68. The van der Waals surface area contributed by atoms with E-state index in [-0.39, 0.29) is 5.97 Å². The molecule has 0 amide bonds. The van der Waals surface area contributed by atoms with E-state index in [0.717, 1.165) is 4.73 Å². The smallest absolute Gasteiger partial charge is 0.308 e. The molecule has 16 heavy (non-hydrogen) atoms. The molecule has 0 fully saturated rings. The van der Waals surface area contributed by atoms with Gasteiger partial charge in [0.1, 0.15) is 5.75 Å². The summed E-state index contributed by atoms with van der Waals surface area (Å²) in [4.78, 5) is 14.8. The van der Waals surface area contributed by atoms with Gasteiger partial charge < -0.3 is 9.94 Å². The average molecular weight is 218 g/mol. The number of benzene rings is 1. The summed E-state index contributed by atoms with van der Waals surface area (Å²) in [5.74, 6) is 0.437. The van der Waals surface area contributed by atoms with Gasteiger partial charge in [0, 0.05) is 18.7 Å². The summed E-state index contributed by atoms with van der Waals surface area (Å²) in [5, 5.41) is 9.42. The lowest BCUT2D eigenvalue weighted by Gasteiger charge is -2.04. The van der Waals surface area contributed by atoms with Crippen molar-refractivity contribution in [2.75, 3.05) is 0 Å². The van der Waals surface area contributed by atoms with E-state index in [1.807, 2.05) is 0 Å². The Morgan fingerprint density at radius 1 is 1.50 bits per heavy atom. The second-order valence-electron chi connectivity index (χ2n) is 3.22. The molecule has 5 heteroatoms. The lowest BCUT2D eigenvalue weighted by atomic mass is 10.2. The number of nitrogens with zero attached hydrogens (tertiary/aromatic N) is 2. The number of carbonyl (C=O) groups excluding carboxylic acids is 1. The van der Waals surface area contributed by atoms with Crippen LogP contribution in [-0.2, 0) is 4.79 Å². The van der Waals surface area contributed by atoms with Crippen LogP contribution < -0.4 is 4.74 Å². The molecule has 0 bridgehead atoms. The maximum Gasteiger partial charge on any atom is 0.308 e. The second-order valence-corrected chi connectivity index (χ2v) is 3.22. The van der Waals surface area contributed by atoms with Gasteiger partial charge in [-0.15, -0.1) is 0 Å². The Balaban J connectivity index is 2.36. The molecule has 0 saturated carbocycles. The van der Waals surface area contributed by atoms with Gasteiger partial charge in [-0.1, -0.05) is 12.1 Å². The van der Waals surface area contributed by atoms with Gasteiger partial charge >= 0.3 is 5.97 Å². The van der Waals surface area contributed by atoms with Crippen molar-refractivity contribution >= 4 is 5.97 Å². The number of carbonyl (C=O) groups is 1. The first-order valence-corrected chi connectivity index (χ1v) is 4.68. The van der Waals surface area contributed by atoms with Crippen molar-refractivity contribution in [3.63, 3.8) is 0 Å². The molecule has 1 N–H and O–H groups in total. The first-order chi connectivity index (χ1) is 7.66. The molecule has 2 aromatic rings. The van der Waals surface area contributed by atoms with Crippen LogP contribution in [0.1, 0.15) is 6.92 Å². The number of rotatable bonds is 2. The number of aromatic nitrogens is 2. The van der Waals surface area contributed by atoms with Crippen LogP contribution in [0.25, 0.3) is 11.4 Å². The fourth-order valence-electron chi connectivity index (χ4n) is 1.37. The highest BCUT2D eigenvalue weighted by atomic mass is 16.5. The predicted molar refractivity (Wildman–Crippen MR) is 56.2 cm³/mol. The van der Waals surface area contributed by atoms with Crippen LogP contribution in [0, 0.1) is 0 Å². The monoisotopic (exact) mass is 218 g/mol. The van der Waals surface area contributed by atoms with Gasteiger partial charge in [0.2, 0.25) is 0 Å². The molecular weight excluding hydrogens is 208 g/mol. The molecular formula is C11H10N2O3. The molecule has 0 saturated heterocycles. The van der Waals surface area contributed by atoms with Crippen LogP contribution in [0.4, 0.5) is 0 Å². The van der Waals surface area contributed by atoms with Crippen molar-refractivity contribution in [1.82, 2.24) is 9.71 Å². The normalized spacial score (nSPS) is 10.1. The van der Waals surface area contributed by atoms with Gasteiger partial charge in [-0.05, 0) is 12.1 Å². The summed E-state index contributed by atoms with van der Waals surface area (Å²) in [7, 11) is 0. The number of imidazole rings is 1. The lowest BCUT2D eigenvalue weighted by molar-refractivity contribution is -0.131. The summed E-state index contributed by atoms with van der Waals surface area (Å²) >= 11 is 0. The maximum atomic E-state index is 10.8. The summed E-state index contributed by atoms with van der Waals surface area (Å²) < 4.78 is 5.84. The van der Waals surface area contributed by atoms with Crippen LogP contribution >= 0.6 is 0 Å². The zero-order valence-corrected chi connectivity index (χ0v) is 8.62. The van der Waals surface area contributed by atoms with Crippen LogP contribution in [0.3, 0.4) is 0 Å². The van der Waals surface area contributed by atoms with Crippen LogP contribution in [0.15, 0.2) is 36.7 Å². The van der Waals surface area contributed by atoms with Gasteiger partial charge in [0.05, 0.1) is 6.20 Å². The van der Waals surface area contributed by atoms with Crippen LogP contribution in [0.5, 0.6) is 5.75 Å². The van der Waals surface area contributed by atoms with E-state index in [4.69, 9.17) is 4.74 Å². The standard InChI is InChI=1S/C11H10N2O3/c1-8(14)16-10-4-2-3-9(7-10)11-12-5-6-13(11)15/h2-7,15H,1H3. The zero-order chi connectivity index (χ0) is 11.5. The van der Waals surface area contributed by atoms with E-state index in [1.54, 1.807) is 24.3 Å². The molecule has 82 valence electrons. The second kappa shape index (κ2) is 4.06. The lowest BCUT2D eigenvalue weighted by Crippen LogP contribution is -2.01. The highest BCUT2D eigenvalue weighted by molar-refractivity contribution is 5.70. The third-order valence-electron chi connectivity index (χ3n) is 1.98. The molecule has 2 rings (SSSR count). The van der Waals surface area contributed by atoms with E-state index in [9.17, 15) is 10.0 Å². The van der Waals surface area contributed by atoms with Crippen molar-refractivity contribution in [1.29, 1.82) is 0 Å². The summed E-state index contributed by atoms with van der Waals surface area (Å²) in [6, 6.07) is 6.79. The van der Waals surface area contributed by atoms with E-state index >= 15 is 0 Å². The Labute approximate surface area is 91.9 Å². The number of esters is 1. The van der Waals surface area contributed by atoms with E-state index in [0.29, 0.717) is 17.1 Å². The minimum absolute atomic E-state index is 0.385. The molecule has 0 spiro atoms. The maximum absolute atomic E-state index is 10.8. The Kier molecular flexibility index (Phi) is 2.59. The van der Waals surface area contributed by atoms with Crippen LogP contribution in [-0.4, -0.2) is 20.9 Å². The molecule has 0 aliphatic heterocycles. The molecule has 5 nitrogen and oxygen atoms in total. The van der Waals surface area contributed by atoms with Crippen molar-refractivity contribution in [2.24, 2.45) is 0 Å². The first kappa shape index (κ1) is 10.2. The predicted octanol–water partition coefficient (Wildman–Crippen LogP) is 1.71. The van der Waals surface area contributed by atoms with E-state index in [1.165, 1.54) is 19.3 Å². The molecule has 0 atom stereocenters. The van der Waals surface area contributed by atoms with Crippen molar-refractivity contribution in [2.45, 2.75) is 6.92 Å². The van der Waals surface area contributed by atoms with Gasteiger partial charge in [-0.2, -0.15) is 4.73 Å². The Bertz CT molecular complexity index is 519. The molecule has 0 unspecified atom stereocenters. The molecule has 1 aromatic heterocycles. The molecule has 0 aliphatic rings. The Hall–Kier alpha value is -2.30. The van der Waals surface area contributed by atoms with Crippen molar-refractivity contribution in [3.8, 4) is 17.1 Å². The van der Waals surface area contributed by atoms with Crippen LogP contribution in [0.2, 0.25) is 0 Å². The van der Waals surface area contributed by atoms with Crippen molar-refractivity contribution < 1.29 is 14.7 Å². The molecule has 1 aromatic carbocycles. The third-order valence-corrected chi connectivity index (χ3v) is 1.98. The van der Waals surface area contributed by atoms with E-state index in [2.05, 4.69) is 4.98 Å². The number of hydrogen-bond acceptors (Lipinski definition) is 4. The average Bonchev–Trinajstić information content (AvgIpc) is 2.64. The quantitative estimate of drug-likeness (QED) is 0.473. The third kappa shape index (κ3) is 2.03. The Morgan fingerprint density at radius 3 is 2.94 bits per heavy atom. The summed E-state index contributed by atoms with van der Waals surface area (Å²) in [6.07, 6.45) is 2.90. The van der Waals surface area contributed by atoms with Gasteiger partial charge in [-0.25, -0.2) is 4.98 Å². The fraction of sp³-hybridized carbons (Fsp3) is 0.0909. The highest BCUT2D eigenvalue weighted by Gasteiger charge is 2.06. The topological polar surface area (TPSA) is 64.3 Å². The molecule has 0 radical (unpaired) electrons. The Morgan fingerprint density at radius 2 is 2.31 bits per heavy atom. The largest absolute Gasteiger partial charge is 0.427 e. The highest BCUT2D eigenvalue weighted by Crippen LogP contribution is 2.21. The summed E-state index contributed by atoms with van der Waals surface area (Å²) in [5.41, 5.74) is 0.672. The van der Waals surface area contributed by atoms with Gasteiger partial charge in [0.25, 0.3) is 0 Å². The zero-order valence-electron chi connectivity index (χ0n) is 8.62. The molecule has 0 aliphatic carbocycles. The number of hydrogen-bond donors (Lipinski definition) is 1. The molecule has 1 heterocycles. The van der Waals surface area contributed by atoms with Gasteiger partial charge in [0.15, 0.2) is 5.82 Å². The minimum Gasteiger partial charge on any atom is -0.427 e.